The molecule has 0 bridgehead atoms. The Morgan fingerprint density at radius 2 is 2.17 bits per heavy atom. The number of allylic oxidation sites excluding steroid dienone is 1. The van der Waals surface area contributed by atoms with Crippen molar-refractivity contribution >= 4 is 5.78 Å². The van der Waals surface area contributed by atoms with Gasteiger partial charge in [0.25, 0.3) is 5.78 Å². The van der Waals surface area contributed by atoms with Gasteiger partial charge >= 0.3 is 6.18 Å². The van der Waals surface area contributed by atoms with E-state index in [1.54, 1.807) is 6.92 Å². The average molecular weight is 266 g/mol. The molecule has 3 nitrogen and oxygen atoms in total. The third kappa shape index (κ3) is 4.01. The fraction of sp³-hybridized carbons (Fsp3) is 0.750. The van der Waals surface area contributed by atoms with Crippen molar-refractivity contribution in [2.24, 2.45) is 11.8 Å². The van der Waals surface area contributed by atoms with Crippen LogP contribution in [0.4, 0.5) is 13.2 Å². The minimum atomic E-state index is -4.85. The number of hydrogen-bond donors (Lipinski definition) is 0. The minimum absolute atomic E-state index is 0.0150. The molecule has 2 atom stereocenters. The number of rotatable bonds is 4. The lowest BCUT2D eigenvalue weighted by Crippen LogP contribution is -2.33. The van der Waals surface area contributed by atoms with Gasteiger partial charge in [0.05, 0.1) is 12.9 Å². The van der Waals surface area contributed by atoms with Crippen LogP contribution >= 0.6 is 0 Å². The second kappa shape index (κ2) is 5.73. The van der Waals surface area contributed by atoms with Crippen LogP contribution in [0.2, 0.25) is 0 Å². The SMILES string of the molecule is CC(C)COC1OC=C(C(=O)C(F)(F)F)CC1C. The zero-order chi connectivity index (χ0) is 13.9. The Hall–Kier alpha value is -1.04. The highest BCUT2D eigenvalue weighted by Gasteiger charge is 2.42. The summed E-state index contributed by atoms with van der Waals surface area (Å²) in [5, 5.41) is 0. The molecule has 18 heavy (non-hydrogen) atoms. The second-order valence-electron chi connectivity index (χ2n) is 4.88. The zero-order valence-corrected chi connectivity index (χ0v) is 10.6. The Morgan fingerprint density at radius 3 is 2.61 bits per heavy atom. The van der Waals surface area contributed by atoms with Gasteiger partial charge in [0.2, 0.25) is 6.29 Å². The molecule has 0 aromatic carbocycles. The molecular weight excluding hydrogens is 249 g/mol. The van der Waals surface area contributed by atoms with E-state index >= 15 is 0 Å². The first-order chi connectivity index (χ1) is 8.21. The lowest BCUT2D eigenvalue weighted by atomic mass is 9.96. The third-order valence-corrected chi connectivity index (χ3v) is 2.49. The number of alkyl halides is 3. The molecule has 104 valence electrons. The van der Waals surface area contributed by atoms with Crippen LogP contribution in [0.1, 0.15) is 27.2 Å². The Morgan fingerprint density at radius 1 is 1.56 bits per heavy atom. The van der Waals surface area contributed by atoms with Gasteiger partial charge in [-0.25, -0.2) is 0 Å². The molecule has 2 unspecified atom stereocenters. The maximum absolute atomic E-state index is 12.2. The number of ether oxygens (including phenoxy) is 2. The summed E-state index contributed by atoms with van der Waals surface area (Å²) in [6.07, 6.45) is -4.54. The summed E-state index contributed by atoms with van der Waals surface area (Å²) in [6.45, 7) is 6.08. The van der Waals surface area contributed by atoms with Crippen LogP contribution in [-0.4, -0.2) is 24.9 Å². The van der Waals surface area contributed by atoms with Crippen LogP contribution in [-0.2, 0) is 14.3 Å². The number of Topliss-reactive ketones (excluding diaryl/α,β-unsaturated/α-hetero) is 1. The third-order valence-electron chi connectivity index (χ3n) is 2.49. The normalized spacial score (nSPS) is 24.7. The molecule has 0 aromatic rings. The smallest absolute Gasteiger partial charge is 0.454 e. The highest BCUT2D eigenvalue weighted by atomic mass is 19.4. The fourth-order valence-electron chi connectivity index (χ4n) is 1.59. The summed E-state index contributed by atoms with van der Waals surface area (Å²) in [6, 6.07) is 0. The minimum Gasteiger partial charge on any atom is -0.472 e. The van der Waals surface area contributed by atoms with E-state index in [0.717, 1.165) is 6.26 Å². The topological polar surface area (TPSA) is 35.5 Å². The largest absolute Gasteiger partial charge is 0.472 e. The molecule has 0 radical (unpaired) electrons. The fourth-order valence-corrected chi connectivity index (χ4v) is 1.59. The predicted octanol–water partition coefficient (Wildman–Crippen LogP) is 3.06. The van der Waals surface area contributed by atoms with Crippen molar-refractivity contribution in [1.82, 2.24) is 0 Å². The van der Waals surface area contributed by atoms with Crippen LogP contribution in [0.5, 0.6) is 0 Å². The molecule has 0 aliphatic carbocycles. The Kier molecular flexibility index (Phi) is 4.78. The summed E-state index contributed by atoms with van der Waals surface area (Å²) in [5.74, 6) is -1.81. The van der Waals surface area contributed by atoms with Crippen LogP contribution in [0.15, 0.2) is 11.8 Å². The molecule has 0 saturated carbocycles. The highest BCUT2D eigenvalue weighted by molar-refractivity contribution is 5.99. The monoisotopic (exact) mass is 266 g/mol. The summed E-state index contributed by atoms with van der Waals surface area (Å²) < 4.78 is 47.2. The van der Waals surface area contributed by atoms with Crippen LogP contribution in [0.25, 0.3) is 0 Å². The molecule has 0 aromatic heterocycles. The van der Waals surface area contributed by atoms with Crippen molar-refractivity contribution < 1.29 is 27.4 Å². The zero-order valence-electron chi connectivity index (χ0n) is 10.6. The molecule has 1 heterocycles. The van der Waals surface area contributed by atoms with Gasteiger partial charge in [-0.15, -0.1) is 0 Å². The number of carbonyl (C=O) groups is 1. The summed E-state index contributed by atoms with van der Waals surface area (Å²) in [7, 11) is 0. The van der Waals surface area contributed by atoms with E-state index in [1.165, 1.54) is 0 Å². The Bertz CT molecular complexity index is 334. The number of halogens is 3. The van der Waals surface area contributed by atoms with E-state index in [0.29, 0.717) is 12.5 Å². The molecular formula is C12H17F3O3. The van der Waals surface area contributed by atoms with Crippen molar-refractivity contribution in [2.45, 2.75) is 39.7 Å². The summed E-state index contributed by atoms with van der Waals surface area (Å²) in [5.41, 5.74) is -0.348. The molecule has 1 aliphatic heterocycles. The van der Waals surface area contributed by atoms with Gasteiger partial charge in [0.15, 0.2) is 0 Å². The Balaban J connectivity index is 2.62. The molecule has 0 saturated heterocycles. The van der Waals surface area contributed by atoms with Gasteiger partial charge in [0.1, 0.15) is 0 Å². The molecule has 0 N–H and O–H groups in total. The standard InChI is InChI=1S/C12H17F3O3/c1-7(2)5-17-11-8(3)4-9(6-18-11)10(16)12(13,14)15/h6-8,11H,4-5H2,1-3H3. The maximum atomic E-state index is 12.2. The van der Waals surface area contributed by atoms with E-state index in [9.17, 15) is 18.0 Å². The summed E-state index contributed by atoms with van der Waals surface area (Å²) >= 11 is 0. The lowest BCUT2D eigenvalue weighted by Gasteiger charge is -2.29. The maximum Gasteiger partial charge on any atom is 0.454 e. The van der Waals surface area contributed by atoms with Crippen molar-refractivity contribution in [3.05, 3.63) is 11.8 Å². The second-order valence-corrected chi connectivity index (χ2v) is 4.88. The molecule has 0 spiro atoms. The van der Waals surface area contributed by atoms with Crippen molar-refractivity contribution in [3.8, 4) is 0 Å². The van der Waals surface area contributed by atoms with Gasteiger partial charge < -0.3 is 9.47 Å². The molecule has 1 aliphatic rings. The van der Waals surface area contributed by atoms with Crippen LogP contribution in [0, 0.1) is 11.8 Å². The van der Waals surface area contributed by atoms with Crippen molar-refractivity contribution in [2.75, 3.05) is 6.61 Å². The van der Waals surface area contributed by atoms with Gasteiger partial charge in [-0.1, -0.05) is 20.8 Å². The number of ketones is 1. The quantitative estimate of drug-likeness (QED) is 0.784. The highest BCUT2D eigenvalue weighted by Crippen LogP contribution is 2.30. The van der Waals surface area contributed by atoms with Gasteiger partial charge in [-0.05, 0) is 12.3 Å². The predicted molar refractivity (Wildman–Crippen MR) is 58.6 cm³/mol. The van der Waals surface area contributed by atoms with Gasteiger partial charge in [-0.3, -0.25) is 4.79 Å². The first-order valence-electron chi connectivity index (χ1n) is 5.79. The van der Waals surface area contributed by atoms with E-state index in [-0.39, 0.29) is 17.9 Å². The van der Waals surface area contributed by atoms with E-state index in [4.69, 9.17) is 9.47 Å². The first kappa shape index (κ1) is 15.0. The Labute approximate surface area is 104 Å². The average Bonchev–Trinajstić information content (AvgIpc) is 2.24. The van der Waals surface area contributed by atoms with Crippen molar-refractivity contribution in [1.29, 1.82) is 0 Å². The first-order valence-corrected chi connectivity index (χ1v) is 5.79. The summed E-state index contributed by atoms with van der Waals surface area (Å²) in [4.78, 5) is 11.0. The molecule has 6 heteroatoms. The molecule has 1 rings (SSSR count). The number of hydrogen-bond acceptors (Lipinski definition) is 3. The van der Waals surface area contributed by atoms with E-state index in [2.05, 4.69) is 0 Å². The van der Waals surface area contributed by atoms with Gasteiger partial charge in [-0.2, -0.15) is 13.2 Å². The molecule has 0 amide bonds. The van der Waals surface area contributed by atoms with Crippen molar-refractivity contribution in [3.63, 3.8) is 0 Å². The van der Waals surface area contributed by atoms with E-state index < -0.39 is 18.2 Å². The molecule has 0 fully saturated rings. The van der Waals surface area contributed by atoms with E-state index in [1.807, 2.05) is 13.8 Å². The lowest BCUT2D eigenvalue weighted by molar-refractivity contribution is -0.172. The number of carbonyl (C=O) groups excluding carboxylic acids is 1. The van der Waals surface area contributed by atoms with Crippen LogP contribution in [0.3, 0.4) is 0 Å². The van der Waals surface area contributed by atoms with Gasteiger partial charge in [0, 0.05) is 11.5 Å². The van der Waals surface area contributed by atoms with Crippen LogP contribution < -0.4 is 0 Å².